The number of allylic oxidation sites excluding steroid dienone is 1. The molecule has 15 heavy (non-hydrogen) atoms. The molecule has 1 aliphatic heterocycles. The van der Waals surface area contributed by atoms with Crippen molar-refractivity contribution in [1.29, 1.82) is 0 Å². The van der Waals surface area contributed by atoms with E-state index in [1.54, 1.807) is 5.57 Å². The van der Waals surface area contributed by atoms with Gasteiger partial charge in [-0.1, -0.05) is 6.92 Å². The summed E-state index contributed by atoms with van der Waals surface area (Å²) >= 11 is 0. The van der Waals surface area contributed by atoms with Crippen molar-refractivity contribution in [2.24, 2.45) is 17.6 Å². The molecule has 0 aromatic rings. The summed E-state index contributed by atoms with van der Waals surface area (Å²) in [4.78, 5) is 2.46. The van der Waals surface area contributed by atoms with Crippen LogP contribution >= 0.6 is 0 Å². The highest BCUT2D eigenvalue weighted by molar-refractivity contribution is 5.29. The Morgan fingerprint density at radius 3 is 2.60 bits per heavy atom. The Hall–Kier alpha value is -0.500. The molecule has 1 aliphatic carbocycles. The lowest BCUT2D eigenvalue weighted by Gasteiger charge is -2.48. The van der Waals surface area contributed by atoms with E-state index in [4.69, 9.17) is 5.73 Å². The van der Waals surface area contributed by atoms with E-state index in [-0.39, 0.29) is 5.54 Å². The zero-order valence-electron chi connectivity index (χ0n) is 10.7. The number of rotatable bonds is 0. The van der Waals surface area contributed by atoms with Crippen molar-refractivity contribution in [3.05, 3.63) is 11.3 Å². The van der Waals surface area contributed by atoms with Crippen LogP contribution in [0.15, 0.2) is 11.3 Å². The number of fused-ring (bicyclic) bond motifs is 1. The Morgan fingerprint density at radius 1 is 1.40 bits per heavy atom. The lowest BCUT2D eigenvalue weighted by atomic mass is 9.65. The van der Waals surface area contributed by atoms with Crippen LogP contribution in [0.4, 0.5) is 0 Å². The molecule has 2 rings (SSSR count). The highest BCUT2D eigenvalue weighted by Crippen LogP contribution is 2.50. The van der Waals surface area contributed by atoms with Crippen LogP contribution in [0.1, 0.15) is 40.5 Å². The summed E-state index contributed by atoms with van der Waals surface area (Å²) in [7, 11) is 2.23. The maximum Gasteiger partial charge on any atom is 0.0450 e. The summed E-state index contributed by atoms with van der Waals surface area (Å²) < 4.78 is 0. The average molecular weight is 208 g/mol. The molecule has 0 aromatic heterocycles. The van der Waals surface area contributed by atoms with Gasteiger partial charge in [0.05, 0.1) is 0 Å². The Bertz CT molecular complexity index is 308. The standard InChI is InChI=1S/C13H24N2/c1-8-6-11(14)7-13(4)12(8)9(2)10(3)15(13)5/h8,11-12H,6-7,14H2,1-5H3/t8?,11?,12?,13-/m1/s1. The highest BCUT2D eigenvalue weighted by Gasteiger charge is 2.50. The van der Waals surface area contributed by atoms with Crippen molar-refractivity contribution in [1.82, 2.24) is 4.90 Å². The van der Waals surface area contributed by atoms with Gasteiger partial charge >= 0.3 is 0 Å². The van der Waals surface area contributed by atoms with Gasteiger partial charge in [-0.2, -0.15) is 0 Å². The quantitative estimate of drug-likeness (QED) is 0.662. The second-order valence-corrected chi connectivity index (χ2v) is 5.84. The lowest BCUT2D eigenvalue weighted by Crippen LogP contribution is -2.54. The molecule has 0 radical (unpaired) electrons. The number of hydrogen-bond donors (Lipinski definition) is 1. The van der Waals surface area contributed by atoms with Gasteiger partial charge in [-0.25, -0.2) is 0 Å². The molecule has 4 atom stereocenters. The summed E-state index contributed by atoms with van der Waals surface area (Å²) in [6.45, 7) is 9.29. The molecule has 1 fully saturated rings. The van der Waals surface area contributed by atoms with Crippen molar-refractivity contribution in [3.63, 3.8) is 0 Å². The highest BCUT2D eigenvalue weighted by atomic mass is 15.2. The Morgan fingerprint density at radius 2 is 2.00 bits per heavy atom. The van der Waals surface area contributed by atoms with E-state index in [1.807, 2.05) is 0 Å². The average Bonchev–Trinajstić information content (AvgIpc) is 2.27. The fourth-order valence-corrected chi connectivity index (χ4v) is 4.08. The monoisotopic (exact) mass is 208 g/mol. The summed E-state index contributed by atoms with van der Waals surface area (Å²) in [5.74, 6) is 1.43. The summed E-state index contributed by atoms with van der Waals surface area (Å²) in [5, 5.41) is 0. The third-order valence-electron chi connectivity index (χ3n) is 4.90. The molecular formula is C13H24N2. The van der Waals surface area contributed by atoms with E-state index in [2.05, 4.69) is 39.6 Å². The van der Waals surface area contributed by atoms with E-state index in [9.17, 15) is 0 Å². The van der Waals surface area contributed by atoms with Crippen LogP contribution in [-0.2, 0) is 0 Å². The van der Waals surface area contributed by atoms with Gasteiger partial charge in [0.15, 0.2) is 0 Å². The molecule has 1 heterocycles. The van der Waals surface area contributed by atoms with E-state index in [0.29, 0.717) is 12.0 Å². The molecule has 2 aliphatic rings. The predicted octanol–water partition coefficient (Wildman–Crippen LogP) is 2.36. The van der Waals surface area contributed by atoms with Crippen LogP contribution in [0.25, 0.3) is 0 Å². The lowest BCUT2D eigenvalue weighted by molar-refractivity contribution is 0.0645. The zero-order chi connectivity index (χ0) is 11.4. The van der Waals surface area contributed by atoms with Gasteiger partial charge in [0.1, 0.15) is 0 Å². The normalized spacial score (nSPS) is 46.0. The van der Waals surface area contributed by atoms with Crippen molar-refractivity contribution in [2.45, 2.75) is 52.1 Å². The Kier molecular flexibility index (Phi) is 2.38. The molecular weight excluding hydrogens is 184 g/mol. The fourth-order valence-electron chi connectivity index (χ4n) is 4.08. The topological polar surface area (TPSA) is 29.3 Å². The van der Waals surface area contributed by atoms with Gasteiger partial charge in [-0.05, 0) is 45.1 Å². The maximum atomic E-state index is 6.17. The number of hydrogen-bond acceptors (Lipinski definition) is 2. The molecule has 2 heteroatoms. The Balaban J connectivity index is 2.40. The third-order valence-corrected chi connectivity index (χ3v) is 4.90. The summed E-state index contributed by atoms with van der Waals surface area (Å²) in [6.07, 6.45) is 2.31. The number of nitrogens with zero attached hydrogens (tertiary/aromatic N) is 1. The van der Waals surface area contributed by atoms with Gasteiger partial charge in [0, 0.05) is 30.2 Å². The molecule has 1 saturated carbocycles. The predicted molar refractivity (Wildman–Crippen MR) is 64.4 cm³/mol. The first-order valence-corrected chi connectivity index (χ1v) is 6.04. The van der Waals surface area contributed by atoms with Crippen LogP contribution in [0.2, 0.25) is 0 Å². The van der Waals surface area contributed by atoms with Crippen molar-refractivity contribution in [2.75, 3.05) is 7.05 Å². The van der Waals surface area contributed by atoms with Crippen LogP contribution in [-0.4, -0.2) is 23.5 Å². The second-order valence-electron chi connectivity index (χ2n) is 5.84. The third kappa shape index (κ3) is 1.34. The van der Waals surface area contributed by atoms with E-state index >= 15 is 0 Å². The maximum absolute atomic E-state index is 6.17. The van der Waals surface area contributed by atoms with Crippen molar-refractivity contribution in [3.8, 4) is 0 Å². The minimum absolute atomic E-state index is 0.269. The van der Waals surface area contributed by atoms with Crippen molar-refractivity contribution < 1.29 is 0 Å². The molecule has 86 valence electrons. The molecule has 2 N–H and O–H groups in total. The van der Waals surface area contributed by atoms with E-state index < -0.39 is 0 Å². The largest absolute Gasteiger partial charge is 0.372 e. The first kappa shape index (κ1) is 11.0. The van der Waals surface area contributed by atoms with Gasteiger partial charge in [0.2, 0.25) is 0 Å². The minimum Gasteiger partial charge on any atom is -0.372 e. The molecule has 0 saturated heterocycles. The van der Waals surface area contributed by atoms with Crippen LogP contribution in [0, 0.1) is 11.8 Å². The minimum atomic E-state index is 0.269. The SMILES string of the molecule is CC1=C(C)N(C)[C@]2(C)CC(N)CC(C)C12. The van der Waals surface area contributed by atoms with Crippen LogP contribution < -0.4 is 5.73 Å². The van der Waals surface area contributed by atoms with Gasteiger partial charge in [-0.3, -0.25) is 0 Å². The first-order chi connectivity index (χ1) is 6.88. The van der Waals surface area contributed by atoms with Gasteiger partial charge in [-0.15, -0.1) is 0 Å². The Labute approximate surface area is 93.5 Å². The smallest absolute Gasteiger partial charge is 0.0450 e. The summed E-state index contributed by atoms with van der Waals surface area (Å²) in [6, 6.07) is 0.377. The molecule has 2 nitrogen and oxygen atoms in total. The molecule has 0 bridgehead atoms. The van der Waals surface area contributed by atoms with Crippen LogP contribution in [0.3, 0.4) is 0 Å². The van der Waals surface area contributed by atoms with E-state index in [0.717, 1.165) is 12.3 Å². The van der Waals surface area contributed by atoms with Crippen molar-refractivity contribution >= 4 is 0 Å². The number of nitrogens with two attached hydrogens (primary N) is 1. The fraction of sp³-hybridized carbons (Fsp3) is 0.846. The zero-order valence-corrected chi connectivity index (χ0v) is 10.7. The van der Waals surface area contributed by atoms with Gasteiger partial charge in [0.25, 0.3) is 0 Å². The second kappa shape index (κ2) is 3.24. The molecule has 0 amide bonds. The molecule has 0 spiro atoms. The molecule has 3 unspecified atom stereocenters. The van der Waals surface area contributed by atoms with Gasteiger partial charge < -0.3 is 10.6 Å². The van der Waals surface area contributed by atoms with E-state index in [1.165, 1.54) is 12.1 Å². The molecule has 0 aromatic carbocycles. The van der Waals surface area contributed by atoms with Crippen LogP contribution in [0.5, 0.6) is 0 Å². The summed E-state index contributed by atoms with van der Waals surface area (Å²) in [5.41, 5.74) is 9.49. The first-order valence-electron chi connectivity index (χ1n) is 6.04.